The zero-order valence-corrected chi connectivity index (χ0v) is 15.8. The molecule has 0 N–H and O–H groups in total. The second-order valence-electron chi connectivity index (χ2n) is 5.86. The molecule has 3 rings (SSSR count). The fraction of sp³-hybridized carbons (Fsp3) is 0.235. The Kier molecular flexibility index (Phi) is 6.10. The van der Waals surface area contributed by atoms with Gasteiger partial charge in [-0.05, 0) is 34.7 Å². The number of alkyl halides is 5. The van der Waals surface area contributed by atoms with Crippen LogP contribution in [0.3, 0.4) is 0 Å². The summed E-state index contributed by atoms with van der Waals surface area (Å²) in [6, 6.07) is 5.68. The number of benzene rings is 2. The maximum absolute atomic E-state index is 13.5. The summed E-state index contributed by atoms with van der Waals surface area (Å²) in [5.41, 5.74) is -2.00. The van der Waals surface area contributed by atoms with Gasteiger partial charge < -0.3 is 4.74 Å². The maximum atomic E-state index is 13.5. The predicted molar refractivity (Wildman–Crippen MR) is 94.2 cm³/mol. The molecule has 0 fully saturated rings. The van der Waals surface area contributed by atoms with Crippen molar-refractivity contribution in [2.24, 2.45) is 7.05 Å². The lowest BCUT2D eigenvalue weighted by molar-refractivity contribution is -0.139. The Labute approximate surface area is 169 Å². The summed E-state index contributed by atoms with van der Waals surface area (Å²) in [5.74, 6) is -4.65. The van der Waals surface area contributed by atoms with Crippen molar-refractivity contribution in [2.75, 3.05) is 0 Å². The highest BCUT2D eigenvalue weighted by Gasteiger charge is 2.34. The minimum absolute atomic E-state index is 0.0105. The Balaban J connectivity index is 2.06. The van der Waals surface area contributed by atoms with E-state index in [4.69, 9.17) is 4.74 Å². The first-order valence-corrected chi connectivity index (χ1v) is 9.01. The van der Waals surface area contributed by atoms with Crippen LogP contribution in [0.1, 0.15) is 11.1 Å². The molecule has 0 aliphatic carbocycles. The van der Waals surface area contributed by atoms with Crippen LogP contribution in [0.25, 0.3) is 5.69 Å². The molecular formula is C17H12F6N4O2S. The topological polar surface area (TPSA) is 61.9 Å². The van der Waals surface area contributed by atoms with Crippen LogP contribution < -0.4 is 10.4 Å². The fourth-order valence-electron chi connectivity index (χ4n) is 2.57. The molecule has 0 saturated heterocycles. The molecule has 30 heavy (non-hydrogen) atoms. The molecule has 0 atom stereocenters. The zero-order chi connectivity index (χ0) is 22.1. The quantitative estimate of drug-likeness (QED) is 0.420. The van der Waals surface area contributed by atoms with Crippen molar-refractivity contribution in [3.05, 3.63) is 63.8 Å². The Morgan fingerprint density at radius 3 is 2.50 bits per heavy atom. The highest BCUT2D eigenvalue weighted by molar-refractivity contribution is 7.99. The van der Waals surface area contributed by atoms with Crippen molar-refractivity contribution in [1.29, 1.82) is 0 Å². The largest absolute Gasteiger partial charge is 0.488 e. The SMILES string of the molecule is Cn1nnn(-c2cccc(SC(F)F)c2COc2cc(F)ccc2C(F)(F)F)c1=O. The summed E-state index contributed by atoms with van der Waals surface area (Å²) in [5, 5.41) is 7.14. The van der Waals surface area contributed by atoms with E-state index in [2.05, 4.69) is 10.4 Å². The van der Waals surface area contributed by atoms with Crippen molar-refractivity contribution in [2.45, 2.75) is 23.4 Å². The lowest BCUT2D eigenvalue weighted by Crippen LogP contribution is -2.23. The lowest BCUT2D eigenvalue weighted by atomic mass is 10.1. The Morgan fingerprint density at radius 1 is 1.17 bits per heavy atom. The van der Waals surface area contributed by atoms with E-state index < -0.39 is 41.4 Å². The molecule has 0 spiro atoms. The first-order valence-electron chi connectivity index (χ1n) is 8.13. The van der Waals surface area contributed by atoms with E-state index in [-0.39, 0.29) is 27.9 Å². The van der Waals surface area contributed by atoms with Crippen LogP contribution >= 0.6 is 11.8 Å². The van der Waals surface area contributed by atoms with Crippen molar-refractivity contribution in [3.63, 3.8) is 0 Å². The number of halogens is 6. The Bertz CT molecular complexity index is 1110. The average Bonchev–Trinajstić information content (AvgIpc) is 2.98. The summed E-state index contributed by atoms with van der Waals surface area (Å²) in [4.78, 5) is 12.1. The highest BCUT2D eigenvalue weighted by atomic mass is 32.2. The third-order valence-corrected chi connectivity index (χ3v) is 4.71. The van der Waals surface area contributed by atoms with Crippen LogP contribution in [0.15, 0.2) is 46.1 Å². The number of nitrogens with zero attached hydrogens (tertiary/aromatic N) is 4. The first-order chi connectivity index (χ1) is 14.1. The standard InChI is InChI=1S/C17H12F6N4O2S/c1-26-16(28)27(25-24-26)12-3-2-4-14(30-15(19)20)10(12)8-29-13-7-9(18)5-6-11(13)17(21,22)23/h2-7,15H,8H2,1H3. The molecule has 0 aliphatic rings. The second-order valence-corrected chi connectivity index (χ2v) is 6.89. The van der Waals surface area contributed by atoms with Crippen LogP contribution in [0.2, 0.25) is 0 Å². The van der Waals surface area contributed by atoms with Gasteiger partial charge in [-0.1, -0.05) is 17.8 Å². The van der Waals surface area contributed by atoms with Crippen molar-refractivity contribution in [1.82, 2.24) is 19.8 Å². The third-order valence-electron chi connectivity index (χ3n) is 3.90. The van der Waals surface area contributed by atoms with Gasteiger partial charge in [-0.15, -0.1) is 0 Å². The predicted octanol–water partition coefficient (Wildman–Crippen LogP) is 4.02. The molecule has 0 aliphatic heterocycles. The Morgan fingerprint density at radius 2 is 1.90 bits per heavy atom. The molecule has 1 heterocycles. The van der Waals surface area contributed by atoms with E-state index >= 15 is 0 Å². The van der Waals surface area contributed by atoms with Crippen molar-refractivity contribution < 1.29 is 31.1 Å². The van der Waals surface area contributed by atoms with Gasteiger partial charge in [0.1, 0.15) is 18.2 Å². The number of hydrogen-bond donors (Lipinski definition) is 0. The van der Waals surface area contributed by atoms with Gasteiger partial charge in [-0.3, -0.25) is 0 Å². The van der Waals surface area contributed by atoms with Gasteiger partial charge in [-0.2, -0.15) is 31.3 Å². The summed E-state index contributed by atoms with van der Waals surface area (Å²) in [6.45, 7) is -0.666. The van der Waals surface area contributed by atoms with Gasteiger partial charge in [0, 0.05) is 23.6 Å². The van der Waals surface area contributed by atoms with Crippen LogP contribution in [-0.2, 0) is 19.8 Å². The van der Waals surface area contributed by atoms with Crippen LogP contribution in [0.5, 0.6) is 5.75 Å². The third kappa shape index (κ3) is 4.61. The van der Waals surface area contributed by atoms with Gasteiger partial charge in [-0.25, -0.2) is 9.18 Å². The van der Waals surface area contributed by atoms with E-state index in [1.165, 1.54) is 25.2 Å². The number of tetrazole rings is 1. The molecule has 6 nitrogen and oxygen atoms in total. The van der Waals surface area contributed by atoms with Crippen molar-refractivity contribution in [3.8, 4) is 11.4 Å². The molecule has 0 unspecified atom stereocenters. The van der Waals surface area contributed by atoms with Crippen LogP contribution in [0, 0.1) is 5.82 Å². The maximum Gasteiger partial charge on any atom is 0.419 e. The smallest absolute Gasteiger partial charge is 0.419 e. The van der Waals surface area contributed by atoms with Gasteiger partial charge in [0.25, 0.3) is 5.76 Å². The van der Waals surface area contributed by atoms with Crippen LogP contribution in [-0.4, -0.2) is 25.5 Å². The monoisotopic (exact) mass is 450 g/mol. The number of rotatable bonds is 6. The Hall–Kier alpha value is -2.96. The molecule has 160 valence electrons. The first kappa shape index (κ1) is 21.7. The highest BCUT2D eigenvalue weighted by Crippen LogP contribution is 2.38. The van der Waals surface area contributed by atoms with Gasteiger partial charge in [0.15, 0.2) is 0 Å². The van der Waals surface area contributed by atoms with E-state index in [1.54, 1.807) is 0 Å². The molecule has 3 aromatic rings. The van der Waals surface area contributed by atoms with Crippen molar-refractivity contribution >= 4 is 11.8 Å². The van der Waals surface area contributed by atoms with E-state index in [9.17, 15) is 31.1 Å². The lowest BCUT2D eigenvalue weighted by Gasteiger charge is -2.17. The number of aromatic nitrogens is 4. The normalized spacial score (nSPS) is 11.9. The van der Waals surface area contributed by atoms with Gasteiger partial charge in [0.2, 0.25) is 0 Å². The summed E-state index contributed by atoms with van der Waals surface area (Å²) in [7, 11) is 1.31. The van der Waals surface area contributed by atoms with E-state index in [0.29, 0.717) is 18.2 Å². The number of thioether (sulfide) groups is 1. The molecule has 2 aromatic carbocycles. The molecule has 0 saturated carbocycles. The minimum Gasteiger partial charge on any atom is -0.488 e. The molecule has 1 aromatic heterocycles. The average molecular weight is 450 g/mol. The number of aryl methyl sites for hydroxylation is 1. The van der Waals surface area contributed by atoms with Gasteiger partial charge >= 0.3 is 11.9 Å². The van der Waals surface area contributed by atoms with Gasteiger partial charge in [0.05, 0.1) is 11.3 Å². The second kappa shape index (κ2) is 8.42. The van der Waals surface area contributed by atoms with Crippen LogP contribution in [0.4, 0.5) is 26.3 Å². The molecule has 13 heteroatoms. The summed E-state index contributed by atoms with van der Waals surface area (Å²) < 4.78 is 85.9. The molecular weight excluding hydrogens is 438 g/mol. The minimum atomic E-state index is -4.83. The number of hydrogen-bond acceptors (Lipinski definition) is 5. The summed E-state index contributed by atoms with van der Waals surface area (Å²) in [6.07, 6.45) is -4.83. The summed E-state index contributed by atoms with van der Waals surface area (Å²) >= 11 is 0.115. The molecule has 0 amide bonds. The molecule has 0 radical (unpaired) electrons. The fourth-order valence-corrected chi connectivity index (χ4v) is 3.22. The van der Waals surface area contributed by atoms with E-state index in [1.807, 2.05) is 0 Å². The van der Waals surface area contributed by atoms with E-state index in [0.717, 1.165) is 9.36 Å². The molecule has 0 bridgehead atoms. The number of ether oxygens (including phenoxy) is 1. The zero-order valence-electron chi connectivity index (χ0n) is 15.0.